The van der Waals surface area contributed by atoms with Gasteiger partial charge in [0.2, 0.25) is 0 Å². The molecule has 3 nitrogen and oxygen atoms in total. The van der Waals surface area contributed by atoms with Crippen molar-refractivity contribution in [2.75, 3.05) is 12.5 Å². The smallest absolute Gasteiger partial charge is 0.306 e. The molecule has 4 atom stereocenters. The molecule has 0 radical (unpaired) electrons. The van der Waals surface area contributed by atoms with Crippen LogP contribution < -0.4 is 5.32 Å². The Morgan fingerprint density at radius 2 is 2.40 bits per heavy atom. The molecule has 4 heteroatoms. The first kappa shape index (κ1) is 9.97. The Hall–Kier alpha value is -0.220. The zero-order valence-electron chi connectivity index (χ0n) is 8.74. The highest BCUT2D eigenvalue weighted by Crippen LogP contribution is 2.59. The minimum Gasteiger partial charge on any atom is -0.465 e. The molecule has 2 bridgehead atoms. The maximum atomic E-state index is 11.2. The van der Waals surface area contributed by atoms with Gasteiger partial charge in [0, 0.05) is 17.3 Å². The third-order valence-corrected chi connectivity index (χ3v) is 4.78. The van der Waals surface area contributed by atoms with E-state index in [1.54, 1.807) is 0 Å². The summed E-state index contributed by atoms with van der Waals surface area (Å²) in [7, 11) is 0. The molecule has 4 unspecified atom stereocenters. The van der Waals surface area contributed by atoms with Crippen molar-refractivity contribution in [3.8, 4) is 0 Å². The molecule has 0 amide bonds. The van der Waals surface area contributed by atoms with Crippen LogP contribution in [0.3, 0.4) is 0 Å². The fourth-order valence-electron chi connectivity index (χ4n) is 3.91. The number of carbonyl (C=O) groups is 1. The van der Waals surface area contributed by atoms with E-state index in [-0.39, 0.29) is 11.4 Å². The first-order valence-electron chi connectivity index (χ1n) is 5.73. The molecule has 2 saturated carbocycles. The second kappa shape index (κ2) is 3.39. The lowest BCUT2D eigenvalue weighted by atomic mass is 9.71. The third kappa shape index (κ3) is 1.41. The fraction of sp³-hybridized carbons (Fsp3) is 0.909. The first-order valence-corrected chi connectivity index (χ1v) is 6.37. The van der Waals surface area contributed by atoms with Gasteiger partial charge in [-0.05, 0) is 31.1 Å². The average molecular weight is 227 g/mol. The normalized spacial score (nSPS) is 47.8. The Morgan fingerprint density at radius 3 is 2.93 bits per heavy atom. The first-order chi connectivity index (χ1) is 7.23. The van der Waals surface area contributed by atoms with E-state index < -0.39 is 0 Å². The molecule has 0 aromatic rings. The molecule has 84 valence electrons. The Kier molecular flexibility index (Phi) is 2.25. The molecule has 1 saturated heterocycles. The number of rotatable bonds is 2. The number of esters is 1. The fourth-order valence-corrected chi connectivity index (χ4v) is 4.15. The van der Waals surface area contributed by atoms with E-state index >= 15 is 0 Å². The Bertz CT molecular complexity index is 296. The van der Waals surface area contributed by atoms with Crippen LogP contribution in [-0.4, -0.2) is 24.5 Å². The number of carbonyl (C=O) groups excluding carboxylic acids is 1. The third-order valence-electron chi connectivity index (χ3n) is 4.60. The Balaban J connectivity index is 1.72. The summed E-state index contributed by atoms with van der Waals surface area (Å²) in [5, 5.41) is 3.43. The van der Waals surface area contributed by atoms with Crippen molar-refractivity contribution in [1.29, 1.82) is 0 Å². The molecule has 1 aliphatic heterocycles. The number of hydrogen-bond acceptors (Lipinski definition) is 4. The highest BCUT2D eigenvalue weighted by atomic mass is 32.1. The van der Waals surface area contributed by atoms with Crippen molar-refractivity contribution in [1.82, 2.24) is 5.32 Å². The molecule has 1 heterocycles. The predicted molar refractivity (Wildman–Crippen MR) is 59.6 cm³/mol. The summed E-state index contributed by atoms with van der Waals surface area (Å²) in [6.45, 7) is 0.681. The van der Waals surface area contributed by atoms with Crippen molar-refractivity contribution < 1.29 is 9.53 Å². The molecule has 3 aliphatic rings. The standard InChI is InChI=1S/C11H17NO2S/c13-10-4-11(5-14-10)3-7-1-8(11)2-9(7)12-6-15/h7-9,12,15H,1-6H2. The van der Waals surface area contributed by atoms with Crippen molar-refractivity contribution in [3.05, 3.63) is 0 Å². The Labute approximate surface area is 95.4 Å². The average Bonchev–Trinajstić information content (AvgIpc) is 2.83. The number of hydrogen-bond donors (Lipinski definition) is 2. The summed E-state index contributed by atoms with van der Waals surface area (Å²) in [5.74, 6) is 2.22. The van der Waals surface area contributed by atoms with E-state index in [0.717, 1.165) is 11.8 Å². The van der Waals surface area contributed by atoms with E-state index in [1.807, 2.05) is 0 Å². The van der Waals surface area contributed by atoms with Crippen molar-refractivity contribution in [3.63, 3.8) is 0 Å². The van der Waals surface area contributed by atoms with E-state index in [2.05, 4.69) is 17.9 Å². The zero-order chi connectivity index (χ0) is 10.5. The summed E-state index contributed by atoms with van der Waals surface area (Å²) in [6, 6.07) is 0.633. The lowest BCUT2D eigenvalue weighted by Crippen LogP contribution is -2.39. The SMILES string of the molecule is O=C1CC2(CO1)CC1CC2CC1NCS. The van der Waals surface area contributed by atoms with Crippen molar-refractivity contribution >= 4 is 18.6 Å². The van der Waals surface area contributed by atoms with E-state index in [9.17, 15) is 4.79 Å². The van der Waals surface area contributed by atoms with Crippen LogP contribution in [0.1, 0.15) is 25.7 Å². The van der Waals surface area contributed by atoms with Gasteiger partial charge < -0.3 is 10.1 Å². The van der Waals surface area contributed by atoms with Crippen LogP contribution in [0.2, 0.25) is 0 Å². The van der Waals surface area contributed by atoms with Crippen LogP contribution in [0.5, 0.6) is 0 Å². The highest BCUT2D eigenvalue weighted by molar-refractivity contribution is 7.80. The molecule has 15 heavy (non-hydrogen) atoms. The zero-order valence-corrected chi connectivity index (χ0v) is 9.63. The van der Waals surface area contributed by atoms with Gasteiger partial charge in [0.1, 0.15) is 0 Å². The van der Waals surface area contributed by atoms with Crippen LogP contribution in [-0.2, 0) is 9.53 Å². The number of cyclic esters (lactones) is 1. The topological polar surface area (TPSA) is 38.3 Å². The van der Waals surface area contributed by atoms with Gasteiger partial charge in [-0.2, -0.15) is 12.6 Å². The molecule has 3 rings (SSSR count). The van der Waals surface area contributed by atoms with Gasteiger partial charge >= 0.3 is 5.97 Å². The molecule has 3 fully saturated rings. The van der Waals surface area contributed by atoms with E-state index in [1.165, 1.54) is 19.3 Å². The Morgan fingerprint density at radius 1 is 1.53 bits per heavy atom. The molecule has 1 spiro atoms. The molecular formula is C11H17NO2S. The summed E-state index contributed by atoms with van der Waals surface area (Å²) in [4.78, 5) is 11.2. The minimum atomic E-state index is 0.0151. The van der Waals surface area contributed by atoms with Crippen molar-refractivity contribution in [2.45, 2.75) is 31.7 Å². The second-order valence-corrected chi connectivity index (χ2v) is 5.62. The van der Waals surface area contributed by atoms with Gasteiger partial charge in [0.25, 0.3) is 0 Å². The number of thiol groups is 1. The number of nitrogens with one attached hydrogen (secondary N) is 1. The number of fused-ring (bicyclic) bond motifs is 3. The van der Waals surface area contributed by atoms with Crippen LogP contribution in [0.15, 0.2) is 0 Å². The van der Waals surface area contributed by atoms with Gasteiger partial charge in [0.15, 0.2) is 0 Å². The van der Waals surface area contributed by atoms with E-state index in [0.29, 0.717) is 25.0 Å². The highest BCUT2D eigenvalue weighted by Gasteiger charge is 2.58. The maximum absolute atomic E-state index is 11.2. The largest absolute Gasteiger partial charge is 0.465 e. The quantitative estimate of drug-likeness (QED) is 0.423. The summed E-state index contributed by atoms with van der Waals surface area (Å²) >= 11 is 4.22. The molecule has 0 aromatic carbocycles. The van der Waals surface area contributed by atoms with Crippen LogP contribution in [0.4, 0.5) is 0 Å². The van der Waals surface area contributed by atoms with Gasteiger partial charge in [0.05, 0.1) is 13.0 Å². The van der Waals surface area contributed by atoms with Crippen molar-refractivity contribution in [2.24, 2.45) is 17.3 Å². The molecular weight excluding hydrogens is 210 g/mol. The second-order valence-electron chi connectivity index (χ2n) is 5.30. The minimum absolute atomic E-state index is 0.0151. The predicted octanol–water partition coefficient (Wildman–Crippen LogP) is 1.20. The van der Waals surface area contributed by atoms with Gasteiger partial charge in [-0.1, -0.05) is 0 Å². The summed E-state index contributed by atoms with van der Waals surface area (Å²) in [5.41, 5.74) is 0.219. The monoisotopic (exact) mass is 227 g/mol. The lowest BCUT2D eigenvalue weighted by molar-refractivity contribution is -0.137. The van der Waals surface area contributed by atoms with Gasteiger partial charge in [-0.3, -0.25) is 4.79 Å². The maximum Gasteiger partial charge on any atom is 0.306 e. The molecule has 0 aromatic heterocycles. The summed E-state index contributed by atoms with van der Waals surface area (Å²) in [6.07, 6.45) is 4.33. The molecule has 1 N–H and O–H groups in total. The van der Waals surface area contributed by atoms with Gasteiger partial charge in [-0.15, -0.1) is 0 Å². The van der Waals surface area contributed by atoms with Gasteiger partial charge in [-0.25, -0.2) is 0 Å². The summed E-state index contributed by atoms with van der Waals surface area (Å²) < 4.78 is 5.16. The van der Waals surface area contributed by atoms with Crippen LogP contribution >= 0.6 is 12.6 Å². The van der Waals surface area contributed by atoms with Crippen LogP contribution in [0.25, 0.3) is 0 Å². The van der Waals surface area contributed by atoms with Crippen LogP contribution in [0, 0.1) is 17.3 Å². The molecule has 2 aliphatic carbocycles. The van der Waals surface area contributed by atoms with E-state index in [4.69, 9.17) is 4.74 Å². The lowest BCUT2D eigenvalue weighted by Gasteiger charge is -2.34. The number of ether oxygens (including phenoxy) is 1.